The number of anilines is 1. The topological polar surface area (TPSA) is 61.4 Å². The normalized spacial score (nSPS) is 26.3. The summed E-state index contributed by atoms with van der Waals surface area (Å²) in [5.74, 6) is -0.230. The third-order valence-corrected chi connectivity index (χ3v) is 5.52. The van der Waals surface area contributed by atoms with Gasteiger partial charge in [0.05, 0.1) is 11.6 Å². The van der Waals surface area contributed by atoms with Gasteiger partial charge in [0.15, 0.2) is 0 Å². The van der Waals surface area contributed by atoms with E-state index in [1.807, 2.05) is 42.5 Å². The number of piperidine rings is 1. The van der Waals surface area contributed by atoms with Gasteiger partial charge in [-0.05, 0) is 37.8 Å². The number of carbonyl (C=O) groups is 2. The quantitative estimate of drug-likeness (QED) is 0.893. The Balaban J connectivity index is 1.49. The van der Waals surface area contributed by atoms with Crippen LogP contribution in [-0.4, -0.2) is 37.0 Å². The Labute approximate surface area is 153 Å². The Kier molecular flexibility index (Phi) is 4.64. The van der Waals surface area contributed by atoms with Crippen LogP contribution >= 0.6 is 0 Å². The molecule has 2 aliphatic rings. The zero-order chi connectivity index (χ0) is 18.1. The first-order valence-electron chi connectivity index (χ1n) is 9.43. The first-order chi connectivity index (χ1) is 12.6. The van der Waals surface area contributed by atoms with E-state index in [4.69, 9.17) is 0 Å². The van der Waals surface area contributed by atoms with Gasteiger partial charge >= 0.3 is 0 Å². The molecule has 2 heterocycles. The summed E-state index contributed by atoms with van der Waals surface area (Å²) in [4.78, 5) is 27.1. The maximum Gasteiger partial charge on any atom is 0.227 e. The van der Waals surface area contributed by atoms with Crippen LogP contribution < -0.4 is 15.5 Å². The maximum absolute atomic E-state index is 12.7. The van der Waals surface area contributed by atoms with Crippen molar-refractivity contribution in [2.75, 3.05) is 18.0 Å². The molecule has 3 unspecified atom stereocenters. The zero-order valence-electron chi connectivity index (χ0n) is 15.1. The van der Waals surface area contributed by atoms with Crippen molar-refractivity contribution in [1.29, 1.82) is 0 Å². The van der Waals surface area contributed by atoms with E-state index in [2.05, 4.69) is 17.6 Å². The molecule has 2 aromatic carbocycles. The second kappa shape index (κ2) is 7.08. The molecule has 136 valence electrons. The third kappa shape index (κ3) is 3.31. The van der Waals surface area contributed by atoms with E-state index >= 15 is 0 Å². The molecule has 26 heavy (non-hydrogen) atoms. The van der Waals surface area contributed by atoms with E-state index in [-0.39, 0.29) is 30.2 Å². The number of carbonyl (C=O) groups excluding carboxylic acids is 2. The first kappa shape index (κ1) is 17.0. The van der Waals surface area contributed by atoms with Crippen LogP contribution in [0.1, 0.15) is 26.2 Å². The van der Waals surface area contributed by atoms with Gasteiger partial charge in [-0.2, -0.15) is 0 Å². The van der Waals surface area contributed by atoms with Crippen molar-refractivity contribution in [2.45, 2.75) is 38.3 Å². The molecule has 2 N–H and O–H groups in total. The maximum atomic E-state index is 12.7. The molecule has 2 aliphatic heterocycles. The second-order valence-corrected chi connectivity index (χ2v) is 7.49. The summed E-state index contributed by atoms with van der Waals surface area (Å²) < 4.78 is 0. The Bertz CT molecular complexity index is 830. The number of fused-ring (bicyclic) bond motifs is 1. The van der Waals surface area contributed by atoms with Crippen LogP contribution in [0.5, 0.6) is 0 Å². The van der Waals surface area contributed by atoms with Crippen molar-refractivity contribution in [3.05, 3.63) is 42.5 Å². The second-order valence-electron chi connectivity index (χ2n) is 7.49. The van der Waals surface area contributed by atoms with Crippen LogP contribution in [-0.2, 0) is 9.59 Å². The van der Waals surface area contributed by atoms with Crippen LogP contribution in [0.4, 0.5) is 5.69 Å². The number of hydrogen-bond donors (Lipinski definition) is 2. The number of amides is 2. The van der Waals surface area contributed by atoms with Crippen molar-refractivity contribution in [3.8, 4) is 0 Å². The Morgan fingerprint density at radius 2 is 2.00 bits per heavy atom. The Morgan fingerprint density at radius 3 is 2.85 bits per heavy atom. The van der Waals surface area contributed by atoms with Crippen LogP contribution in [0.25, 0.3) is 10.8 Å². The van der Waals surface area contributed by atoms with E-state index < -0.39 is 0 Å². The third-order valence-electron chi connectivity index (χ3n) is 5.52. The molecule has 2 fully saturated rings. The van der Waals surface area contributed by atoms with Gasteiger partial charge in [0.2, 0.25) is 11.8 Å². The van der Waals surface area contributed by atoms with Crippen molar-refractivity contribution in [1.82, 2.24) is 10.6 Å². The molecule has 2 amide bonds. The van der Waals surface area contributed by atoms with Gasteiger partial charge in [-0.3, -0.25) is 9.59 Å². The molecule has 3 atom stereocenters. The summed E-state index contributed by atoms with van der Waals surface area (Å²) in [6.45, 7) is 3.52. The lowest BCUT2D eigenvalue weighted by Gasteiger charge is -2.29. The summed E-state index contributed by atoms with van der Waals surface area (Å²) in [5.41, 5.74) is 0.902. The predicted molar refractivity (Wildman–Crippen MR) is 103 cm³/mol. The molecular weight excluding hydrogens is 326 g/mol. The molecule has 4 rings (SSSR count). The molecule has 0 aliphatic carbocycles. The van der Waals surface area contributed by atoms with Crippen LogP contribution in [0.15, 0.2) is 42.5 Å². The predicted octanol–water partition coefficient (Wildman–Crippen LogP) is 2.45. The summed E-state index contributed by atoms with van der Waals surface area (Å²) in [6, 6.07) is 14.7. The van der Waals surface area contributed by atoms with Crippen LogP contribution in [0, 0.1) is 5.92 Å². The van der Waals surface area contributed by atoms with Crippen molar-refractivity contribution >= 4 is 28.3 Å². The van der Waals surface area contributed by atoms with Gasteiger partial charge < -0.3 is 15.5 Å². The highest BCUT2D eigenvalue weighted by Gasteiger charge is 2.36. The smallest absolute Gasteiger partial charge is 0.227 e. The van der Waals surface area contributed by atoms with Crippen molar-refractivity contribution in [2.24, 2.45) is 5.92 Å². The van der Waals surface area contributed by atoms with E-state index in [0.29, 0.717) is 12.6 Å². The van der Waals surface area contributed by atoms with Crippen LogP contribution in [0.2, 0.25) is 0 Å². The van der Waals surface area contributed by atoms with Crippen molar-refractivity contribution in [3.63, 3.8) is 0 Å². The molecule has 0 aromatic heterocycles. The molecular formula is C21H25N3O2. The van der Waals surface area contributed by atoms with Gasteiger partial charge in [0, 0.05) is 30.4 Å². The highest BCUT2D eigenvalue weighted by atomic mass is 16.2. The lowest BCUT2D eigenvalue weighted by molar-refractivity contribution is -0.127. The van der Waals surface area contributed by atoms with Crippen molar-refractivity contribution < 1.29 is 9.59 Å². The fourth-order valence-electron chi connectivity index (χ4n) is 4.14. The highest BCUT2D eigenvalue weighted by molar-refractivity contribution is 6.07. The minimum Gasteiger partial charge on any atom is -0.353 e. The average Bonchev–Trinajstić information content (AvgIpc) is 3.03. The van der Waals surface area contributed by atoms with E-state index in [1.54, 1.807) is 4.90 Å². The summed E-state index contributed by atoms with van der Waals surface area (Å²) >= 11 is 0. The number of rotatable bonds is 3. The van der Waals surface area contributed by atoms with Gasteiger partial charge in [-0.15, -0.1) is 0 Å². The molecule has 5 heteroatoms. The Hall–Kier alpha value is -2.40. The fourth-order valence-corrected chi connectivity index (χ4v) is 4.14. The van der Waals surface area contributed by atoms with Gasteiger partial charge in [0.1, 0.15) is 0 Å². The van der Waals surface area contributed by atoms with E-state index in [1.165, 1.54) is 0 Å². The van der Waals surface area contributed by atoms with Gasteiger partial charge in [-0.1, -0.05) is 36.4 Å². The number of hydrogen-bond acceptors (Lipinski definition) is 3. The van der Waals surface area contributed by atoms with Crippen LogP contribution in [0.3, 0.4) is 0 Å². The standard InChI is InChI=1S/C21H25N3O2/c1-14-11-17(9-10-22-14)23-21(26)16-12-20(25)24(13-16)19-8-4-6-15-5-2-3-7-18(15)19/h2-8,14,16-17,22H,9-13H2,1H3,(H,23,26). The lowest BCUT2D eigenvalue weighted by atomic mass is 9.99. The molecule has 5 nitrogen and oxygen atoms in total. The molecule has 0 spiro atoms. The summed E-state index contributed by atoms with van der Waals surface area (Å²) in [7, 11) is 0. The number of nitrogens with one attached hydrogen (secondary N) is 2. The zero-order valence-corrected chi connectivity index (χ0v) is 15.1. The lowest BCUT2D eigenvalue weighted by Crippen LogP contribution is -2.48. The largest absolute Gasteiger partial charge is 0.353 e. The monoisotopic (exact) mass is 351 g/mol. The number of benzene rings is 2. The van der Waals surface area contributed by atoms with Gasteiger partial charge in [0.25, 0.3) is 0 Å². The highest BCUT2D eigenvalue weighted by Crippen LogP contribution is 2.31. The minimum absolute atomic E-state index is 0.0141. The summed E-state index contributed by atoms with van der Waals surface area (Å²) in [5, 5.41) is 8.72. The van der Waals surface area contributed by atoms with E-state index in [9.17, 15) is 9.59 Å². The molecule has 0 bridgehead atoms. The summed E-state index contributed by atoms with van der Waals surface area (Å²) in [6.07, 6.45) is 2.18. The molecule has 2 aromatic rings. The van der Waals surface area contributed by atoms with E-state index in [0.717, 1.165) is 35.8 Å². The molecule has 0 radical (unpaired) electrons. The average molecular weight is 351 g/mol. The Morgan fingerprint density at radius 1 is 1.19 bits per heavy atom. The molecule has 2 saturated heterocycles. The first-order valence-corrected chi connectivity index (χ1v) is 9.43. The molecule has 0 saturated carbocycles. The number of nitrogens with zero attached hydrogens (tertiary/aromatic N) is 1. The SMILES string of the molecule is CC1CC(NC(=O)C2CC(=O)N(c3cccc4ccccc34)C2)CCN1. The fraction of sp³-hybridized carbons (Fsp3) is 0.429. The minimum atomic E-state index is -0.272. The van der Waals surface area contributed by atoms with Gasteiger partial charge in [-0.25, -0.2) is 0 Å².